The van der Waals surface area contributed by atoms with E-state index in [1.54, 1.807) is 35.4 Å². The van der Waals surface area contributed by atoms with Crippen LogP contribution < -0.4 is 5.56 Å². The van der Waals surface area contributed by atoms with Crippen molar-refractivity contribution in [2.24, 2.45) is 0 Å². The van der Waals surface area contributed by atoms with Crippen molar-refractivity contribution in [3.05, 3.63) is 113 Å². The fourth-order valence-corrected chi connectivity index (χ4v) is 5.84. The Hall–Kier alpha value is -3.75. The van der Waals surface area contributed by atoms with Crippen molar-refractivity contribution in [2.45, 2.75) is 11.4 Å². The highest BCUT2D eigenvalue weighted by Gasteiger charge is 2.31. The SMILES string of the molecule is O=C(c1cccn(Cc2ccccc2)c1=O)N1CCN(S(=O)(=O)c2ccc3ccccc3c2)CC1. The van der Waals surface area contributed by atoms with Crippen LogP contribution in [-0.4, -0.2) is 54.3 Å². The summed E-state index contributed by atoms with van der Waals surface area (Å²) in [4.78, 5) is 27.9. The Morgan fingerprint density at radius 1 is 0.771 bits per heavy atom. The van der Waals surface area contributed by atoms with Gasteiger partial charge >= 0.3 is 0 Å². The molecule has 1 aromatic heterocycles. The fraction of sp³-hybridized carbons (Fsp3) is 0.185. The normalized spacial score (nSPS) is 14.8. The van der Waals surface area contributed by atoms with Gasteiger partial charge in [0, 0.05) is 32.4 Å². The Labute approximate surface area is 203 Å². The number of fused-ring (bicyclic) bond motifs is 1. The lowest BCUT2D eigenvalue weighted by molar-refractivity contribution is 0.0695. The van der Waals surface area contributed by atoms with Crippen molar-refractivity contribution in [1.82, 2.24) is 13.8 Å². The van der Waals surface area contributed by atoms with E-state index in [0.717, 1.165) is 16.3 Å². The minimum absolute atomic E-state index is 0.0919. The summed E-state index contributed by atoms with van der Waals surface area (Å²) < 4.78 is 29.4. The topological polar surface area (TPSA) is 79.7 Å². The molecule has 0 N–H and O–H groups in total. The molecule has 0 aliphatic carbocycles. The van der Waals surface area contributed by atoms with Crippen molar-refractivity contribution in [1.29, 1.82) is 0 Å². The Morgan fingerprint density at radius 3 is 2.20 bits per heavy atom. The first-order valence-electron chi connectivity index (χ1n) is 11.4. The van der Waals surface area contributed by atoms with Crippen LogP contribution in [0.5, 0.6) is 0 Å². The molecule has 2 heterocycles. The van der Waals surface area contributed by atoms with Crippen LogP contribution in [0.15, 0.2) is 101 Å². The fourth-order valence-electron chi connectivity index (χ4n) is 4.38. The molecule has 4 aromatic rings. The minimum atomic E-state index is -3.69. The summed E-state index contributed by atoms with van der Waals surface area (Å²) in [6, 6.07) is 25.5. The number of hydrogen-bond acceptors (Lipinski definition) is 4. The van der Waals surface area contributed by atoms with Gasteiger partial charge in [0.2, 0.25) is 10.0 Å². The molecule has 0 bridgehead atoms. The molecule has 178 valence electrons. The molecular weight excluding hydrogens is 462 g/mol. The Morgan fingerprint density at radius 2 is 1.46 bits per heavy atom. The number of benzene rings is 3. The maximum Gasteiger partial charge on any atom is 0.263 e. The van der Waals surface area contributed by atoms with Crippen LogP contribution in [0.3, 0.4) is 0 Å². The molecular formula is C27H25N3O4S. The summed E-state index contributed by atoms with van der Waals surface area (Å²) in [6.07, 6.45) is 1.67. The minimum Gasteiger partial charge on any atom is -0.336 e. The van der Waals surface area contributed by atoms with Crippen molar-refractivity contribution < 1.29 is 13.2 Å². The molecule has 0 radical (unpaired) electrons. The second-order valence-corrected chi connectivity index (χ2v) is 10.5. The summed E-state index contributed by atoms with van der Waals surface area (Å²) in [7, 11) is -3.69. The zero-order chi connectivity index (χ0) is 24.4. The number of hydrogen-bond donors (Lipinski definition) is 0. The Kier molecular flexibility index (Phi) is 6.23. The molecule has 8 heteroatoms. The van der Waals surface area contributed by atoms with E-state index in [9.17, 15) is 18.0 Å². The van der Waals surface area contributed by atoms with Gasteiger partial charge in [-0.3, -0.25) is 9.59 Å². The van der Waals surface area contributed by atoms with Crippen LogP contribution >= 0.6 is 0 Å². The predicted octanol–water partition coefficient (Wildman–Crippen LogP) is 3.20. The van der Waals surface area contributed by atoms with Crippen LogP contribution in [0.2, 0.25) is 0 Å². The second-order valence-electron chi connectivity index (χ2n) is 8.55. The zero-order valence-corrected chi connectivity index (χ0v) is 19.9. The van der Waals surface area contributed by atoms with E-state index in [0.29, 0.717) is 6.54 Å². The van der Waals surface area contributed by atoms with Crippen molar-refractivity contribution >= 4 is 26.7 Å². The van der Waals surface area contributed by atoms with Gasteiger partial charge in [-0.1, -0.05) is 60.7 Å². The smallest absolute Gasteiger partial charge is 0.263 e. The third-order valence-electron chi connectivity index (χ3n) is 6.33. The number of rotatable bonds is 5. The van der Waals surface area contributed by atoms with Gasteiger partial charge in [-0.15, -0.1) is 0 Å². The molecule has 0 spiro atoms. The summed E-state index contributed by atoms with van der Waals surface area (Å²) in [5, 5.41) is 1.83. The van der Waals surface area contributed by atoms with E-state index < -0.39 is 10.0 Å². The molecule has 0 unspecified atom stereocenters. The zero-order valence-electron chi connectivity index (χ0n) is 19.1. The Balaban J connectivity index is 1.30. The molecule has 3 aromatic carbocycles. The maximum absolute atomic E-state index is 13.2. The number of pyridine rings is 1. The quantitative estimate of drug-likeness (QED) is 0.433. The summed E-state index contributed by atoms with van der Waals surface area (Å²) >= 11 is 0. The number of amides is 1. The standard InChI is InChI=1S/C27H25N3O4S/c31-26(25-11-6-14-29(27(25)32)20-21-7-2-1-3-8-21)28-15-17-30(18-16-28)35(33,34)24-13-12-22-9-4-5-10-23(22)19-24/h1-14,19H,15-18,20H2. The summed E-state index contributed by atoms with van der Waals surface area (Å²) in [6.45, 7) is 1.16. The molecule has 0 atom stereocenters. The van der Waals surface area contributed by atoms with Crippen molar-refractivity contribution in [3.63, 3.8) is 0 Å². The van der Waals surface area contributed by atoms with Gasteiger partial charge in [0.25, 0.3) is 11.5 Å². The van der Waals surface area contributed by atoms with Gasteiger partial charge in [-0.2, -0.15) is 4.31 Å². The van der Waals surface area contributed by atoms with Crippen molar-refractivity contribution in [2.75, 3.05) is 26.2 Å². The highest BCUT2D eigenvalue weighted by molar-refractivity contribution is 7.89. The van der Waals surface area contributed by atoms with Crippen LogP contribution in [0.25, 0.3) is 10.8 Å². The lowest BCUT2D eigenvalue weighted by Crippen LogP contribution is -2.51. The highest BCUT2D eigenvalue weighted by atomic mass is 32.2. The maximum atomic E-state index is 13.2. The number of aromatic nitrogens is 1. The molecule has 1 amide bonds. The second kappa shape index (κ2) is 9.48. The molecule has 7 nitrogen and oxygen atoms in total. The Bertz CT molecular complexity index is 1540. The van der Waals surface area contributed by atoms with Crippen LogP contribution in [0.4, 0.5) is 0 Å². The highest BCUT2D eigenvalue weighted by Crippen LogP contribution is 2.23. The lowest BCUT2D eigenvalue weighted by atomic mass is 10.1. The first-order valence-corrected chi connectivity index (χ1v) is 12.9. The summed E-state index contributed by atoms with van der Waals surface area (Å²) in [5.41, 5.74) is 0.702. The first-order chi connectivity index (χ1) is 16.9. The van der Waals surface area contributed by atoms with E-state index in [-0.39, 0.29) is 48.1 Å². The lowest BCUT2D eigenvalue weighted by Gasteiger charge is -2.34. The third kappa shape index (κ3) is 4.62. The average molecular weight is 488 g/mol. The largest absolute Gasteiger partial charge is 0.336 e. The molecule has 5 rings (SSSR count). The van der Waals surface area contributed by atoms with Crippen LogP contribution in [0.1, 0.15) is 15.9 Å². The van der Waals surface area contributed by atoms with Crippen LogP contribution in [-0.2, 0) is 16.6 Å². The van der Waals surface area contributed by atoms with E-state index in [1.165, 1.54) is 14.9 Å². The predicted molar refractivity (Wildman–Crippen MR) is 135 cm³/mol. The average Bonchev–Trinajstić information content (AvgIpc) is 2.90. The van der Waals surface area contributed by atoms with E-state index >= 15 is 0 Å². The number of nitrogens with zero attached hydrogens (tertiary/aromatic N) is 3. The van der Waals surface area contributed by atoms with E-state index in [1.807, 2.05) is 54.6 Å². The van der Waals surface area contributed by atoms with Gasteiger partial charge in [0.05, 0.1) is 11.4 Å². The molecule has 0 saturated carbocycles. The summed E-state index contributed by atoms with van der Waals surface area (Å²) in [5.74, 6) is -0.375. The molecule has 1 fully saturated rings. The van der Waals surface area contributed by atoms with Gasteiger partial charge in [-0.05, 0) is 40.6 Å². The third-order valence-corrected chi connectivity index (χ3v) is 8.23. The van der Waals surface area contributed by atoms with Crippen LogP contribution in [0, 0.1) is 0 Å². The van der Waals surface area contributed by atoms with Gasteiger partial charge in [0.1, 0.15) is 5.56 Å². The molecule has 35 heavy (non-hydrogen) atoms. The van der Waals surface area contributed by atoms with E-state index in [4.69, 9.17) is 0 Å². The number of piperazine rings is 1. The number of sulfonamides is 1. The monoisotopic (exact) mass is 487 g/mol. The van der Waals surface area contributed by atoms with E-state index in [2.05, 4.69) is 0 Å². The van der Waals surface area contributed by atoms with Gasteiger partial charge < -0.3 is 9.47 Å². The van der Waals surface area contributed by atoms with Crippen molar-refractivity contribution in [3.8, 4) is 0 Å². The first kappa shape index (κ1) is 23.0. The van der Waals surface area contributed by atoms with Gasteiger partial charge in [0.15, 0.2) is 0 Å². The number of carbonyl (C=O) groups is 1. The molecule has 1 saturated heterocycles. The molecule has 1 aliphatic rings. The molecule has 1 aliphatic heterocycles. The van der Waals surface area contributed by atoms with Gasteiger partial charge in [-0.25, -0.2) is 8.42 Å². The number of carbonyl (C=O) groups excluding carboxylic acids is 1.